The van der Waals surface area contributed by atoms with Gasteiger partial charge in [-0.1, -0.05) is 0 Å². The third-order valence-corrected chi connectivity index (χ3v) is 1.97. The normalized spacial score (nSPS) is 10.0. The molecular formula is C10H13N3O4. The third kappa shape index (κ3) is 3.42. The number of hydrogen-bond acceptors (Lipinski definition) is 4. The van der Waals surface area contributed by atoms with Gasteiger partial charge in [-0.2, -0.15) is 0 Å². The second-order valence-electron chi connectivity index (χ2n) is 3.53. The Labute approximate surface area is 96.9 Å². The fourth-order valence-electron chi connectivity index (χ4n) is 1.36. The lowest BCUT2D eigenvalue weighted by molar-refractivity contribution is -0.124. The first-order valence-corrected chi connectivity index (χ1v) is 4.82. The lowest BCUT2D eigenvalue weighted by Gasteiger charge is -2.06. The topological polar surface area (TPSA) is 114 Å². The summed E-state index contributed by atoms with van der Waals surface area (Å²) in [5, 5.41) is 0. The predicted octanol–water partition coefficient (Wildman–Crippen LogP) is -0.862. The number of H-pyrrole nitrogens is 1. The minimum atomic E-state index is -0.722. The molecule has 0 spiro atoms. The summed E-state index contributed by atoms with van der Waals surface area (Å²) in [7, 11) is 0. The number of pyridine rings is 1. The molecule has 1 heterocycles. The van der Waals surface area contributed by atoms with Gasteiger partial charge in [-0.15, -0.1) is 0 Å². The number of hydroxylamine groups is 1. The summed E-state index contributed by atoms with van der Waals surface area (Å²) in [6.07, 6.45) is 0. The highest BCUT2D eigenvalue weighted by Gasteiger charge is 2.14. The van der Waals surface area contributed by atoms with Gasteiger partial charge in [-0.3, -0.25) is 19.2 Å². The number of primary amides is 1. The fraction of sp³-hybridized carbons (Fsp3) is 0.300. The number of nitrogens with one attached hydrogen (secondary N) is 2. The summed E-state index contributed by atoms with van der Waals surface area (Å²) >= 11 is 0. The number of rotatable bonds is 4. The number of amides is 2. The molecule has 0 unspecified atom stereocenters. The van der Waals surface area contributed by atoms with Crippen LogP contribution in [0.15, 0.2) is 10.9 Å². The van der Waals surface area contributed by atoms with E-state index in [4.69, 9.17) is 5.73 Å². The van der Waals surface area contributed by atoms with Crippen LogP contribution in [0.2, 0.25) is 0 Å². The molecule has 0 saturated heterocycles. The molecule has 4 N–H and O–H groups in total. The van der Waals surface area contributed by atoms with E-state index in [2.05, 4.69) is 9.82 Å². The maximum Gasteiger partial charge on any atom is 0.280 e. The molecule has 0 bridgehead atoms. The molecule has 0 saturated carbocycles. The Kier molecular flexibility index (Phi) is 4.00. The highest BCUT2D eigenvalue weighted by atomic mass is 16.7. The van der Waals surface area contributed by atoms with Crippen LogP contribution in [0.25, 0.3) is 0 Å². The van der Waals surface area contributed by atoms with Crippen molar-refractivity contribution < 1.29 is 14.4 Å². The van der Waals surface area contributed by atoms with Gasteiger partial charge in [-0.05, 0) is 25.5 Å². The van der Waals surface area contributed by atoms with Crippen LogP contribution in [-0.4, -0.2) is 23.4 Å². The number of carbonyl (C=O) groups excluding carboxylic acids is 2. The number of aryl methyl sites for hydroxylation is 2. The lowest BCUT2D eigenvalue weighted by atomic mass is 10.1. The summed E-state index contributed by atoms with van der Waals surface area (Å²) in [5.41, 5.74) is 7.39. The Balaban J connectivity index is 2.83. The van der Waals surface area contributed by atoms with Gasteiger partial charge in [0, 0.05) is 5.69 Å². The summed E-state index contributed by atoms with van der Waals surface area (Å²) in [4.78, 5) is 40.5. The summed E-state index contributed by atoms with van der Waals surface area (Å²) < 4.78 is 0. The van der Waals surface area contributed by atoms with Crippen LogP contribution < -0.4 is 16.8 Å². The van der Waals surface area contributed by atoms with Crippen molar-refractivity contribution in [1.29, 1.82) is 0 Å². The zero-order valence-electron chi connectivity index (χ0n) is 9.49. The average molecular weight is 239 g/mol. The van der Waals surface area contributed by atoms with E-state index in [1.165, 1.54) is 0 Å². The van der Waals surface area contributed by atoms with Crippen molar-refractivity contribution in [2.75, 3.05) is 6.61 Å². The van der Waals surface area contributed by atoms with Crippen molar-refractivity contribution in [2.45, 2.75) is 13.8 Å². The van der Waals surface area contributed by atoms with E-state index in [9.17, 15) is 14.4 Å². The molecule has 2 amide bonds. The fourth-order valence-corrected chi connectivity index (χ4v) is 1.36. The van der Waals surface area contributed by atoms with Gasteiger partial charge in [0.2, 0.25) is 5.91 Å². The Bertz CT molecular complexity index is 507. The van der Waals surface area contributed by atoms with Crippen LogP contribution in [0.4, 0.5) is 0 Å². The average Bonchev–Trinajstić information content (AvgIpc) is 2.14. The molecule has 0 atom stereocenters. The van der Waals surface area contributed by atoms with E-state index < -0.39 is 24.0 Å². The van der Waals surface area contributed by atoms with Crippen molar-refractivity contribution in [3.05, 3.63) is 33.2 Å². The molecule has 0 aliphatic carbocycles. The minimum absolute atomic E-state index is 0.0555. The van der Waals surface area contributed by atoms with Crippen LogP contribution >= 0.6 is 0 Å². The van der Waals surface area contributed by atoms with Gasteiger partial charge in [0.05, 0.1) is 0 Å². The van der Waals surface area contributed by atoms with E-state index in [0.29, 0.717) is 11.3 Å². The summed E-state index contributed by atoms with van der Waals surface area (Å²) in [6, 6.07) is 1.66. The van der Waals surface area contributed by atoms with Gasteiger partial charge >= 0.3 is 0 Å². The second-order valence-corrected chi connectivity index (χ2v) is 3.53. The monoisotopic (exact) mass is 239 g/mol. The number of aromatic amines is 1. The van der Waals surface area contributed by atoms with Crippen molar-refractivity contribution >= 4 is 11.8 Å². The van der Waals surface area contributed by atoms with Crippen LogP contribution in [-0.2, 0) is 9.63 Å². The van der Waals surface area contributed by atoms with Crippen molar-refractivity contribution in [1.82, 2.24) is 10.5 Å². The Morgan fingerprint density at radius 1 is 1.47 bits per heavy atom. The first kappa shape index (κ1) is 12.9. The SMILES string of the molecule is Cc1cc(C)c(C(=O)NOCC(N)=O)c(=O)[nH]1. The van der Waals surface area contributed by atoms with Gasteiger partial charge in [0.15, 0.2) is 6.61 Å². The van der Waals surface area contributed by atoms with E-state index in [-0.39, 0.29) is 5.56 Å². The minimum Gasteiger partial charge on any atom is -0.368 e. The second kappa shape index (κ2) is 5.26. The number of carbonyl (C=O) groups is 2. The number of aromatic nitrogens is 1. The van der Waals surface area contributed by atoms with Gasteiger partial charge in [0.25, 0.3) is 11.5 Å². The molecule has 0 aliphatic rings. The number of hydrogen-bond donors (Lipinski definition) is 3. The molecule has 1 aromatic heterocycles. The Morgan fingerprint density at radius 2 is 2.12 bits per heavy atom. The summed E-state index contributed by atoms with van der Waals surface area (Å²) in [5.74, 6) is -1.44. The molecule has 0 aromatic carbocycles. The van der Waals surface area contributed by atoms with E-state index in [1.807, 2.05) is 5.48 Å². The molecule has 92 valence electrons. The molecule has 0 fully saturated rings. The van der Waals surface area contributed by atoms with Gasteiger partial charge in [-0.25, -0.2) is 5.48 Å². The van der Waals surface area contributed by atoms with Crippen LogP contribution in [0.3, 0.4) is 0 Å². The van der Waals surface area contributed by atoms with E-state index >= 15 is 0 Å². The molecule has 7 heteroatoms. The van der Waals surface area contributed by atoms with Crippen LogP contribution in [0.5, 0.6) is 0 Å². The molecule has 17 heavy (non-hydrogen) atoms. The van der Waals surface area contributed by atoms with Gasteiger partial charge < -0.3 is 10.7 Å². The summed E-state index contributed by atoms with van der Waals surface area (Å²) in [6.45, 7) is 2.89. The van der Waals surface area contributed by atoms with Gasteiger partial charge in [0.1, 0.15) is 5.56 Å². The molecule has 0 aliphatic heterocycles. The Hall–Kier alpha value is -2.15. The predicted molar refractivity (Wildman–Crippen MR) is 59.1 cm³/mol. The van der Waals surface area contributed by atoms with Crippen molar-refractivity contribution in [2.24, 2.45) is 5.73 Å². The highest BCUT2D eigenvalue weighted by Crippen LogP contribution is 2.02. The van der Waals surface area contributed by atoms with E-state index in [1.54, 1.807) is 19.9 Å². The van der Waals surface area contributed by atoms with Crippen LogP contribution in [0.1, 0.15) is 21.6 Å². The molecule has 1 rings (SSSR count). The standard InChI is InChI=1S/C10H13N3O4/c1-5-3-6(2)12-9(15)8(5)10(16)13-17-4-7(11)14/h3H,4H2,1-2H3,(H2,11,14)(H,12,15)(H,13,16). The van der Waals surface area contributed by atoms with E-state index in [0.717, 1.165) is 0 Å². The first-order chi connectivity index (χ1) is 7.91. The third-order valence-electron chi connectivity index (χ3n) is 1.97. The zero-order valence-corrected chi connectivity index (χ0v) is 9.49. The smallest absolute Gasteiger partial charge is 0.280 e. The quantitative estimate of drug-likeness (QED) is 0.593. The van der Waals surface area contributed by atoms with Crippen molar-refractivity contribution in [3.63, 3.8) is 0 Å². The first-order valence-electron chi connectivity index (χ1n) is 4.82. The Morgan fingerprint density at radius 3 is 2.65 bits per heavy atom. The van der Waals surface area contributed by atoms with Crippen LogP contribution in [0, 0.1) is 13.8 Å². The highest BCUT2D eigenvalue weighted by molar-refractivity contribution is 5.94. The lowest BCUT2D eigenvalue weighted by Crippen LogP contribution is -2.33. The number of nitrogens with two attached hydrogens (primary N) is 1. The zero-order chi connectivity index (χ0) is 13.0. The molecule has 0 radical (unpaired) electrons. The maximum absolute atomic E-state index is 11.6. The van der Waals surface area contributed by atoms with Crippen molar-refractivity contribution in [3.8, 4) is 0 Å². The molecule has 7 nitrogen and oxygen atoms in total. The maximum atomic E-state index is 11.6. The molecular weight excluding hydrogens is 226 g/mol. The molecule has 1 aromatic rings. The largest absolute Gasteiger partial charge is 0.368 e.